The average molecular weight is 262 g/mol. The number of hydrogen-bond acceptors (Lipinski definition) is 2. The second-order valence-corrected chi connectivity index (χ2v) is 6.58. The molecule has 0 radical (unpaired) electrons. The van der Waals surface area contributed by atoms with Gasteiger partial charge in [0.25, 0.3) is 0 Å². The largest absolute Gasteiger partial charge is 0.299 e. The highest BCUT2D eigenvalue weighted by Crippen LogP contribution is 2.28. The molecule has 1 saturated carbocycles. The van der Waals surface area contributed by atoms with Gasteiger partial charge in [0.2, 0.25) is 0 Å². The van der Waals surface area contributed by atoms with Gasteiger partial charge in [0.1, 0.15) is 5.78 Å². The van der Waals surface area contributed by atoms with E-state index in [-0.39, 0.29) is 0 Å². The number of carbonyl (C=O) groups is 1. The maximum atomic E-state index is 11.5. The van der Waals surface area contributed by atoms with Crippen LogP contribution in [0.1, 0.15) is 51.0 Å². The van der Waals surface area contributed by atoms with E-state index in [0.717, 1.165) is 31.4 Å². The van der Waals surface area contributed by atoms with Crippen molar-refractivity contribution in [1.82, 2.24) is 0 Å². The second kappa shape index (κ2) is 6.42. The van der Waals surface area contributed by atoms with Gasteiger partial charge >= 0.3 is 0 Å². The predicted molar refractivity (Wildman–Crippen MR) is 78.2 cm³/mol. The van der Waals surface area contributed by atoms with Crippen LogP contribution in [0.25, 0.3) is 0 Å². The Balaban J connectivity index is 1.78. The first-order valence-corrected chi connectivity index (χ1v) is 7.91. The smallest absolute Gasteiger partial charge is 0.136 e. The molecule has 0 saturated heterocycles. The Labute approximate surface area is 114 Å². The Bertz CT molecular complexity index is 394. The van der Waals surface area contributed by atoms with Gasteiger partial charge < -0.3 is 0 Å². The highest BCUT2D eigenvalue weighted by molar-refractivity contribution is 7.99. The van der Waals surface area contributed by atoms with Crippen LogP contribution in [0.4, 0.5) is 0 Å². The van der Waals surface area contributed by atoms with Gasteiger partial charge in [-0.25, -0.2) is 0 Å². The summed E-state index contributed by atoms with van der Waals surface area (Å²) >= 11 is 1.88. The fourth-order valence-corrected chi connectivity index (χ4v) is 3.43. The molecular formula is C16H22OS. The first kappa shape index (κ1) is 13.7. The van der Waals surface area contributed by atoms with E-state index in [1.54, 1.807) is 0 Å². The van der Waals surface area contributed by atoms with Crippen molar-refractivity contribution in [1.29, 1.82) is 0 Å². The van der Waals surface area contributed by atoms with Gasteiger partial charge in [0.15, 0.2) is 0 Å². The van der Waals surface area contributed by atoms with Crippen LogP contribution in [-0.4, -0.2) is 11.5 Å². The topological polar surface area (TPSA) is 17.1 Å². The lowest BCUT2D eigenvalue weighted by Crippen LogP contribution is -2.06. The van der Waals surface area contributed by atoms with Gasteiger partial charge in [-0.2, -0.15) is 0 Å². The van der Waals surface area contributed by atoms with Crippen LogP contribution in [0.3, 0.4) is 0 Å². The fraction of sp³-hybridized carbons (Fsp3) is 0.562. The molecular weight excluding hydrogens is 240 g/mol. The molecule has 1 aromatic carbocycles. The molecule has 0 heterocycles. The fourth-order valence-electron chi connectivity index (χ4n) is 2.46. The van der Waals surface area contributed by atoms with Gasteiger partial charge in [-0.15, -0.1) is 11.8 Å². The number of rotatable bonds is 5. The summed E-state index contributed by atoms with van der Waals surface area (Å²) in [6.45, 7) is 4.43. The van der Waals surface area contributed by atoms with Crippen molar-refractivity contribution in [2.75, 3.05) is 5.75 Å². The summed E-state index contributed by atoms with van der Waals surface area (Å²) in [7, 11) is 0. The highest BCUT2D eigenvalue weighted by Gasteiger charge is 2.23. The molecule has 1 nitrogen and oxygen atoms in total. The van der Waals surface area contributed by atoms with Crippen LogP contribution >= 0.6 is 11.8 Å². The number of ketones is 1. The van der Waals surface area contributed by atoms with Gasteiger partial charge in [-0.1, -0.05) is 26.0 Å². The van der Waals surface area contributed by atoms with E-state index in [9.17, 15) is 4.79 Å². The molecule has 18 heavy (non-hydrogen) atoms. The normalized spacial score (nSPS) is 19.7. The SMILES string of the molecule is CC(C)c1ccc(SCCC2CCCC2=O)cc1. The summed E-state index contributed by atoms with van der Waals surface area (Å²) in [5, 5.41) is 0. The van der Waals surface area contributed by atoms with Crippen LogP contribution in [0, 0.1) is 5.92 Å². The lowest BCUT2D eigenvalue weighted by molar-refractivity contribution is -0.120. The van der Waals surface area contributed by atoms with E-state index in [1.165, 1.54) is 10.5 Å². The van der Waals surface area contributed by atoms with Crippen LogP contribution in [0.15, 0.2) is 29.2 Å². The van der Waals surface area contributed by atoms with E-state index < -0.39 is 0 Å². The van der Waals surface area contributed by atoms with Crippen molar-refractivity contribution in [3.05, 3.63) is 29.8 Å². The van der Waals surface area contributed by atoms with Gasteiger partial charge in [-0.05, 0) is 48.6 Å². The van der Waals surface area contributed by atoms with E-state index in [4.69, 9.17) is 0 Å². The minimum atomic E-state index is 0.354. The summed E-state index contributed by atoms with van der Waals surface area (Å²) in [6.07, 6.45) is 4.09. The molecule has 0 spiro atoms. The lowest BCUT2D eigenvalue weighted by Gasteiger charge is -2.08. The minimum Gasteiger partial charge on any atom is -0.299 e. The van der Waals surface area contributed by atoms with Gasteiger partial charge in [0.05, 0.1) is 0 Å². The van der Waals surface area contributed by atoms with Crippen molar-refractivity contribution < 1.29 is 4.79 Å². The van der Waals surface area contributed by atoms with Crippen molar-refractivity contribution >= 4 is 17.5 Å². The molecule has 1 unspecified atom stereocenters. The summed E-state index contributed by atoms with van der Waals surface area (Å²) < 4.78 is 0. The van der Waals surface area contributed by atoms with E-state index in [2.05, 4.69) is 38.1 Å². The molecule has 0 bridgehead atoms. The molecule has 0 amide bonds. The molecule has 0 aliphatic heterocycles. The molecule has 2 heteroatoms. The van der Waals surface area contributed by atoms with E-state index in [0.29, 0.717) is 17.6 Å². The number of carbonyl (C=O) groups excluding carboxylic acids is 1. The first-order valence-electron chi connectivity index (χ1n) is 6.92. The second-order valence-electron chi connectivity index (χ2n) is 5.42. The first-order chi connectivity index (χ1) is 8.66. The summed E-state index contributed by atoms with van der Waals surface area (Å²) in [5.74, 6) is 2.51. The zero-order valence-corrected chi connectivity index (χ0v) is 12.1. The molecule has 0 aromatic heterocycles. The maximum Gasteiger partial charge on any atom is 0.136 e. The van der Waals surface area contributed by atoms with Crippen molar-refractivity contribution in [2.45, 2.75) is 50.3 Å². The number of Topliss-reactive ketones (excluding diaryl/α,β-unsaturated/α-hetero) is 1. The van der Waals surface area contributed by atoms with Crippen LogP contribution in [0.2, 0.25) is 0 Å². The molecule has 1 aromatic rings. The Morgan fingerprint density at radius 3 is 2.56 bits per heavy atom. The third-order valence-corrected chi connectivity index (χ3v) is 4.76. The maximum absolute atomic E-state index is 11.5. The molecule has 1 atom stereocenters. The van der Waals surface area contributed by atoms with E-state index >= 15 is 0 Å². The predicted octanol–water partition coefficient (Wildman–Crippen LogP) is 4.66. The molecule has 98 valence electrons. The number of thioether (sulfide) groups is 1. The third-order valence-electron chi connectivity index (χ3n) is 3.71. The van der Waals surface area contributed by atoms with Crippen molar-refractivity contribution in [3.63, 3.8) is 0 Å². The van der Waals surface area contributed by atoms with Crippen LogP contribution in [-0.2, 0) is 4.79 Å². The number of hydrogen-bond donors (Lipinski definition) is 0. The molecule has 2 rings (SSSR count). The number of benzene rings is 1. The van der Waals surface area contributed by atoms with Gasteiger partial charge in [-0.3, -0.25) is 4.79 Å². The van der Waals surface area contributed by atoms with Gasteiger partial charge in [0, 0.05) is 17.2 Å². The monoisotopic (exact) mass is 262 g/mol. The Kier molecular flexibility index (Phi) is 4.87. The zero-order valence-electron chi connectivity index (χ0n) is 11.3. The highest BCUT2D eigenvalue weighted by atomic mass is 32.2. The average Bonchev–Trinajstić information content (AvgIpc) is 2.76. The zero-order chi connectivity index (χ0) is 13.0. The molecule has 1 aliphatic rings. The van der Waals surface area contributed by atoms with Crippen molar-refractivity contribution in [3.8, 4) is 0 Å². The van der Waals surface area contributed by atoms with Crippen LogP contribution in [0.5, 0.6) is 0 Å². The Morgan fingerprint density at radius 2 is 2.00 bits per heavy atom. The molecule has 0 N–H and O–H groups in total. The summed E-state index contributed by atoms with van der Waals surface area (Å²) in [4.78, 5) is 12.9. The summed E-state index contributed by atoms with van der Waals surface area (Å²) in [6, 6.07) is 8.84. The Hall–Kier alpha value is -0.760. The third kappa shape index (κ3) is 3.61. The minimum absolute atomic E-state index is 0.354. The Morgan fingerprint density at radius 1 is 1.28 bits per heavy atom. The molecule has 1 fully saturated rings. The quantitative estimate of drug-likeness (QED) is 0.718. The van der Waals surface area contributed by atoms with Crippen LogP contribution < -0.4 is 0 Å². The summed E-state index contributed by atoms with van der Waals surface area (Å²) in [5.41, 5.74) is 1.39. The van der Waals surface area contributed by atoms with Crippen molar-refractivity contribution in [2.24, 2.45) is 5.92 Å². The lowest BCUT2D eigenvalue weighted by atomic mass is 10.0. The molecule has 1 aliphatic carbocycles. The van der Waals surface area contributed by atoms with E-state index in [1.807, 2.05) is 11.8 Å². The standard InChI is InChI=1S/C16H22OS/c1-12(2)13-6-8-15(9-7-13)18-11-10-14-4-3-5-16(14)17/h6-9,12,14H,3-5,10-11H2,1-2H3.